The maximum atomic E-state index is 12.3. The number of hydrogen-bond acceptors (Lipinski definition) is 4. The van der Waals surface area contributed by atoms with Crippen LogP contribution in [0, 0.1) is 5.41 Å². The van der Waals surface area contributed by atoms with Crippen LogP contribution in [0.4, 0.5) is 0 Å². The minimum absolute atomic E-state index is 0.120. The number of carbonyl (C=O) groups is 1. The number of fused-ring (bicyclic) bond motifs is 1. The van der Waals surface area contributed by atoms with E-state index in [-0.39, 0.29) is 11.3 Å². The van der Waals surface area contributed by atoms with Crippen molar-refractivity contribution < 1.29 is 4.79 Å². The van der Waals surface area contributed by atoms with E-state index in [4.69, 9.17) is 0 Å². The van der Waals surface area contributed by atoms with Crippen LogP contribution in [0.25, 0.3) is 0 Å². The fourth-order valence-electron chi connectivity index (χ4n) is 2.85. The molecule has 2 aliphatic heterocycles. The third-order valence-corrected chi connectivity index (χ3v) is 6.58. The first kappa shape index (κ1) is 14.4. The van der Waals surface area contributed by atoms with Gasteiger partial charge in [0, 0.05) is 17.2 Å². The van der Waals surface area contributed by atoms with Gasteiger partial charge in [-0.1, -0.05) is 6.92 Å². The Morgan fingerprint density at radius 1 is 1.45 bits per heavy atom. The van der Waals surface area contributed by atoms with Gasteiger partial charge in [0.05, 0.1) is 4.88 Å². The lowest BCUT2D eigenvalue weighted by Crippen LogP contribution is -2.42. The zero-order valence-corrected chi connectivity index (χ0v) is 13.6. The van der Waals surface area contributed by atoms with E-state index in [2.05, 4.69) is 23.6 Å². The molecule has 110 valence electrons. The molecular formula is C15H22N2OS2. The smallest absolute Gasteiger partial charge is 0.261 e. The van der Waals surface area contributed by atoms with Crippen molar-refractivity contribution in [3.63, 3.8) is 0 Å². The zero-order chi connectivity index (χ0) is 14.0. The third kappa shape index (κ3) is 3.21. The molecule has 0 bridgehead atoms. The SMILES string of the molecule is CC1(CNC(=O)c2cc3c(s2)CCSC3)CCNCC1. The molecule has 3 nitrogen and oxygen atoms in total. The van der Waals surface area contributed by atoms with Gasteiger partial charge in [0.2, 0.25) is 0 Å². The summed E-state index contributed by atoms with van der Waals surface area (Å²) in [5, 5.41) is 6.53. The Kier molecular flexibility index (Phi) is 4.38. The van der Waals surface area contributed by atoms with Crippen molar-refractivity contribution in [1.82, 2.24) is 10.6 Å². The molecule has 1 aromatic rings. The van der Waals surface area contributed by atoms with Crippen LogP contribution >= 0.6 is 23.1 Å². The van der Waals surface area contributed by atoms with Crippen LogP contribution in [-0.2, 0) is 12.2 Å². The zero-order valence-electron chi connectivity index (χ0n) is 12.0. The summed E-state index contributed by atoms with van der Waals surface area (Å²) in [6.07, 6.45) is 3.41. The predicted octanol–water partition coefficient (Wildman–Crippen LogP) is 2.66. The van der Waals surface area contributed by atoms with E-state index in [1.807, 2.05) is 11.8 Å². The quantitative estimate of drug-likeness (QED) is 0.902. The van der Waals surface area contributed by atoms with Crippen molar-refractivity contribution >= 4 is 29.0 Å². The van der Waals surface area contributed by atoms with E-state index >= 15 is 0 Å². The Labute approximate surface area is 128 Å². The molecule has 2 aliphatic rings. The highest BCUT2D eigenvalue weighted by Crippen LogP contribution is 2.32. The number of piperidine rings is 1. The van der Waals surface area contributed by atoms with Gasteiger partial charge in [-0.3, -0.25) is 4.79 Å². The molecule has 1 saturated heterocycles. The Morgan fingerprint density at radius 2 is 2.25 bits per heavy atom. The number of rotatable bonds is 3. The summed E-state index contributed by atoms with van der Waals surface area (Å²) in [6.45, 7) is 5.21. The minimum Gasteiger partial charge on any atom is -0.351 e. The highest BCUT2D eigenvalue weighted by atomic mass is 32.2. The highest BCUT2D eigenvalue weighted by molar-refractivity contribution is 7.98. The first-order chi connectivity index (χ1) is 9.66. The molecule has 1 aromatic heterocycles. The average molecular weight is 310 g/mol. The molecule has 0 atom stereocenters. The minimum atomic E-state index is 0.120. The highest BCUT2D eigenvalue weighted by Gasteiger charge is 2.27. The van der Waals surface area contributed by atoms with Gasteiger partial charge in [-0.2, -0.15) is 11.8 Å². The molecule has 0 radical (unpaired) electrons. The largest absolute Gasteiger partial charge is 0.351 e. The van der Waals surface area contributed by atoms with Gasteiger partial charge >= 0.3 is 0 Å². The molecule has 0 aromatic carbocycles. The van der Waals surface area contributed by atoms with E-state index in [0.717, 1.165) is 49.5 Å². The van der Waals surface area contributed by atoms with E-state index in [9.17, 15) is 4.79 Å². The topological polar surface area (TPSA) is 41.1 Å². The van der Waals surface area contributed by atoms with Crippen LogP contribution in [0.2, 0.25) is 0 Å². The summed E-state index contributed by atoms with van der Waals surface area (Å²) >= 11 is 3.66. The van der Waals surface area contributed by atoms with Crippen molar-refractivity contribution in [3.8, 4) is 0 Å². The van der Waals surface area contributed by atoms with Crippen LogP contribution in [-0.4, -0.2) is 31.3 Å². The van der Waals surface area contributed by atoms with E-state index < -0.39 is 0 Å². The lowest BCUT2D eigenvalue weighted by atomic mass is 9.81. The van der Waals surface area contributed by atoms with Gasteiger partial charge in [-0.05, 0) is 55.1 Å². The van der Waals surface area contributed by atoms with Gasteiger partial charge in [-0.15, -0.1) is 11.3 Å². The van der Waals surface area contributed by atoms with E-state index in [1.165, 1.54) is 16.2 Å². The molecule has 0 saturated carbocycles. The third-order valence-electron chi connectivity index (χ3n) is 4.34. The fourth-order valence-corrected chi connectivity index (χ4v) is 5.14. The van der Waals surface area contributed by atoms with Gasteiger partial charge in [-0.25, -0.2) is 0 Å². The molecule has 2 N–H and O–H groups in total. The molecule has 5 heteroatoms. The predicted molar refractivity (Wildman–Crippen MR) is 86.7 cm³/mol. The molecule has 1 fully saturated rings. The summed E-state index contributed by atoms with van der Waals surface area (Å²) in [4.78, 5) is 14.6. The molecule has 0 spiro atoms. The van der Waals surface area contributed by atoms with Crippen LogP contribution in [0.15, 0.2) is 6.07 Å². The molecule has 3 heterocycles. The molecule has 1 amide bonds. The fraction of sp³-hybridized carbons (Fsp3) is 0.667. The number of carbonyl (C=O) groups excluding carboxylic acids is 1. The van der Waals surface area contributed by atoms with Crippen molar-refractivity contribution in [2.45, 2.75) is 31.9 Å². The van der Waals surface area contributed by atoms with Crippen LogP contribution in [0.3, 0.4) is 0 Å². The molecular weight excluding hydrogens is 288 g/mol. The average Bonchev–Trinajstić information content (AvgIpc) is 2.89. The molecule has 0 aliphatic carbocycles. The van der Waals surface area contributed by atoms with Crippen LogP contribution in [0.5, 0.6) is 0 Å². The first-order valence-corrected chi connectivity index (χ1v) is 9.32. The van der Waals surface area contributed by atoms with Crippen molar-refractivity contribution in [3.05, 3.63) is 21.4 Å². The first-order valence-electron chi connectivity index (χ1n) is 7.35. The lowest BCUT2D eigenvalue weighted by Gasteiger charge is -2.34. The summed E-state index contributed by atoms with van der Waals surface area (Å²) in [5.41, 5.74) is 1.64. The standard InChI is InChI=1S/C15H22N2OS2/c1-15(3-5-16-6-4-15)10-17-14(18)13-8-11-9-19-7-2-12(11)20-13/h8,16H,2-7,9-10H2,1H3,(H,17,18). The van der Waals surface area contributed by atoms with Crippen LogP contribution in [0.1, 0.15) is 39.9 Å². The van der Waals surface area contributed by atoms with Gasteiger partial charge in [0.1, 0.15) is 0 Å². The van der Waals surface area contributed by atoms with Crippen molar-refractivity contribution in [2.24, 2.45) is 5.41 Å². The van der Waals surface area contributed by atoms with Crippen LogP contribution < -0.4 is 10.6 Å². The van der Waals surface area contributed by atoms with Crippen molar-refractivity contribution in [1.29, 1.82) is 0 Å². The normalized spacial score (nSPS) is 21.2. The lowest BCUT2D eigenvalue weighted by molar-refractivity contribution is 0.0926. The second-order valence-corrected chi connectivity index (χ2v) is 8.35. The number of aryl methyl sites for hydroxylation is 1. The number of thioether (sulfide) groups is 1. The Hall–Kier alpha value is -0.520. The monoisotopic (exact) mass is 310 g/mol. The maximum absolute atomic E-state index is 12.3. The number of amides is 1. The number of nitrogens with one attached hydrogen (secondary N) is 2. The number of thiophene rings is 1. The second-order valence-electron chi connectivity index (χ2n) is 6.10. The van der Waals surface area contributed by atoms with Crippen molar-refractivity contribution in [2.75, 3.05) is 25.4 Å². The summed E-state index contributed by atoms with van der Waals surface area (Å²) in [6, 6.07) is 2.10. The van der Waals surface area contributed by atoms with Gasteiger partial charge in [0.25, 0.3) is 5.91 Å². The van der Waals surface area contributed by atoms with Gasteiger partial charge < -0.3 is 10.6 Å². The summed E-state index contributed by atoms with van der Waals surface area (Å²) < 4.78 is 0. The molecule has 20 heavy (non-hydrogen) atoms. The maximum Gasteiger partial charge on any atom is 0.261 e. The Bertz CT molecular complexity index is 469. The van der Waals surface area contributed by atoms with E-state index in [1.54, 1.807) is 11.3 Å². The number of hydrogen-bond donors (Lipinski definition) is 2. The second kappa shape index (κ2) is 6.08. The Balaban J connectivity index is 1.60. The molecule has 3 rings (SSSR count). The van der Waals surface area contributed by atoms with Gasteiger partial charge in [0.15, 0.2) is 0 Å². The molecule has 0 unspecified atom stereocenters. The van der Waals surface area contributed by atoms with E-state index in [0.29, 0.717) is 0 Å². The summed E-state index contributed by atoms with van der Waals surface area (Å²) in [5.74, 6) is 2.39. The Morgan fingerprint density at radius 3 is 3.00 bits per heavy atom. The summed E-state index contributed by atoms with van der Waals surface area (Å²) in [7, 11) is 0.